The van der Waals surface area contributed by atoms with E-state index in [1.807, 2.05) is 23.6 Å². The highest BCUT2D eigenvalue weighted by molar-refractivity contribution is 8.00. The van der Waals surface area contributed by atoms with Crippen molar-refractivity contribution in [2.45, 2.75) is 10.6 Å². The molecule has 1 aliphatic heterocycles. The Morgan fingerprint density at radius 1 is 1.00 bits per heavy atom. The first-order chi connectivity index (χ1) is 16.1. The Labute approximate surface area is 197 Å². The zero-order chi connectivity index (χ0) is 22.8. The third-order valence-electron chi connectivity index (χ3n) is 5.24. The number of carbonyl (C=O) groups is 3. The molecule has 4 amide bonds. The number of imide groups is 1. The van der Waals surface area contributed by atoms with Gasteiger partial charge in [0, 0.05) is 5.39 Å². The number of fused-ring (bicyclic) bond motifs is 1. The van der Waals surface area contributed by atoms with Crippen LogP contribution in [0.5, 0.6) is 0 Å². The molecule has 10 heteroatoms. The van der Waals surface area contributed by atoms with E-state index in [2.05, 4.69) is 20.7 Å². The lowest BCUT2D eigenvalue weighted by Gasteiger charge is -2.27. The van der Waals surface area contributed by atoms with Gasteiger partial charge in [-0.05, 0) is 22.6 Å². The molecule has 0 bridgehead atoms. The van der Waals surface area contributed by atoms with Gasteiger partial charge in [0.05, 0.1) is 5.75 Å². The van der Waals surface area contributed by atoms with Crippen molar-refractivity contribution in [2.24, 2.45) is 0 Å². The molecule has 3 heterocycles. The van der Waals surface area contributed by atoms with Gasteiger partial charge in [0.2, 0.25) is 5.91 Å². The number of thiophene rings is 1. The molecule has 1 saturated heterocycles. The Hall–Kier alpha value is -3.76. The summed E-state index contributed by atoms with van der Waals surface area (Å²) in [6, 6.07) is 19.1. The second-order valence-corrected chi connectivity index (χ2v) is 9.05. The summed E-state index contributed by atoms with van der Waals surface area (Å²) in [7, 11) is 0. The van der Waals surface area contributed by atoms with E-state index in [9.17, 15) is 14.4 Å². The molecule has 0 aliphatic carbocycles. The van der Waals surface area contributed by atoms with Crippen molar-refractivity contribution in [2.75, 3.05) is 5.75 Å². The monoisotopic (exact) mass is 475 g/mol. The number of benzene rings is 2. The lowest BCUT2D eigenvalue weighted by molar-refractivity contribution is -0.137. The Morgan fingerprint density at radius 2 is 1.67 bits per heavy atom. The third-order valence-corrected chi connectivity index (χ3v) is 7.06. The highest BCUT2D eigenvalue weighted by Crippen LogP contribution is 2.35. The molecule has 0 saturated carbocycles. The Bertz CT molecular complexity index is 1300. The van der Waals surface area contributed by atoms with E-state index in [1.165, 1.54) is 29.4 Å². The lowest BCUT2D eigenvalue weighted by atomic mass is 9.83. The van der Waals surface area contributed by atoms with E-state index in [0.29, 0.717) is 16.2 Å². The average molecular weight is 476 g/mol. The maximum absolute atomic E-state index is 13.6. The van der Waals surface area contributed by atoms with E-state index in [1.54, 1.807) is 48.5 Å². The summed E-state index contributed by atoms with van der Waals surface area (Å²) in [5, 5.41) is 6.98. The number of urea groups is 1. The van der Waals surface area contributed by atoms with Crippen LogP contribution in [0.15, 0.2) is 83.5 Å². The fraction of sp³-hybridized carbons (Fsp3) is 0.0870. The SMILES string of the molecule is O=C(CSc1ncnc2sccc12)NN1C(=O)NC(c2ccccc2)(c2ccccc2)C1=O. The van der Waals surface area contributed by atoms with E-state index in [-0.39, 0.29) is 5.75 Å². The van der Waals surface area contributed by atoms with Gasteiger partial charge in [-0.1, -0.05) is 72.4 Å². The summed E-state index contributed by atoms with van der Waals surface area (Å²) in [6.45, 7) is 0. The molecule has 0 radical (unpaired) electrons. The molecule has 4 aromatic rings. The number of carbonyl (C=O) groups excluding carboxylic acids is 3. The summed E-state index contributed by atoms with van der Waals surface area (Å²) in [5.74, 6) is -1.10. The van der Waals surface area contributed by atoms with Crippen molar-refractivity contribution in [1.82, 2.24) is 25.7 Å². The van der Waals surface area contributed by atoms with Crippen LogP contribution in [0.25, 0.3) is 10.2 Å². The van der Waals surface area contributed by atoms with E-state index < -0.39 is 23.4 Å². The molecule has 33 heavy (non-hydrogen) atoms. The minimum absolute atomic E-state index is 0.0251. The van der Waals surface area contributed by atoms with E-state index in [0.717, 1.165) is 15.2 Å². The zero-order valence-corrected chi connectivity index (χ0v) is 18.7. The number of rotatable bonds is 6. The van der Waals surface area contributed by atoms with Crippen LogP contribution in [-0.2, 0) is 15.1 Å². The average Bonchev–Trinajstić information content (AvgIpc) is 3.43. The topological polar surface area (TPSA) is 104 Å². The Kier molecular flexibility index (Phi) is 5.53. The molecule has 2 N–H and O–H groups in total. The fourth-order valence-corrected chi connectivity index (χ4v) is 5.31. The number of aromatic nitrogens is 2. The Balaban J connectivity index is 1.38. The van der Waals surface area contributed by atoms with Crippen LogP contribution in [-0.4, -0.2) is 38.6 Å². The van der Waals surface area contributed by atoms with Gasteiger partial charge in [-0.15, -0.1) is 11.3 Å². The maximum atomic E-state index is 13.6. The molecule has 8 nitrogen and oxygen atoms in total. The normalized spacial score (nSPS) is 15.0. The molecule has 1 aliphatic rings. The van der Waals surface area contributed by atoms with Crippen molar-refractivity contribution < 1.29 is 14.4 Å². The number of hydrazine groups is 1. The maximum Gasteiger partial charge on any atom is 0.344 e. The highest BCUT2D eigenvalue weighted by atomic mass is 32.2. The van der Waals surface area contributed by atoms with E-state index in [4.69, 9.17) is 0 Å². The van der Waals surface area contributed by atoms with Gasteiger partial charge in [-0.3, -0.25) is 15.0 Å². The summed E-state index contributed by atoms with van der Waals surface area (Å²) in [6.07, 6.45) is 1.45. The second-order valence-electron chi connectivity index (χ2n) is 7.19. The second kappa shape index (κ2) is 8.64. The number of nitrogens with one attached hydrogen (secondary N) is 2. The van der Waals surface area contributed by atoms with Crippen LogP contribution in [0.3, 0.4) is 0 Å². The first-order valence-electron chi connectivity index (χ1n) is 9.98. The standard InChI is InChI=1S/C23H17N5O3S2/c29-18(13-33-20-17-11-12-32-19(17)24-14-25-20)27-28-21(30)23(26-22(28)31,15-7-3-1-4-8-15)16-9-5-2-6-10-16/h1-12,14H,13H2,(H,26,31)(H,27,29). The summed E-state index contributed by atoms with van der Waals surface area (Å²) < 4.78 is 0. The highest BCUT2D eigenvalue weighted by Gasteiger charge is 2.54. The first-order valence-corrected chi connectivity index (χ1v) is 11.8. The van der Waals surface area contributed by atoms with Crippen molar-refractivity contribution in [3.8, 4) is 0 Å². The Morgan fingerprint density at radius 3 is 2.33 bits per heavy atom. The third kappa shape index (κ3) is 3.73. The number of thioether (sulfide) groups is 1. The molecule has 0 atom stereocenters. The summed E-state index contributed by atoms with van der Waals surface area (Å²) in [5.41, 5.74) is 2.22. The smallest absolute Gasteiger partial charge is 0.314 e. The molecule has 2 aromatic carbocycles. The van der Waals surface area contributed by atoms with Gasteiger partial charge in [-0.25, -0.2) is 14.8 Å². The van der Waals surface area contributed by atoms with Gasteiger partial charge in [0.15, 0.2) is 5.54 Å². The quantitative estimate of drug-likeness (QED) is 0.252. The number of nitrogens with zero attached hydrogens (tertiary/aromatic N) is 3. The molecule has 5 rings (SSSR count). The first kappa shape index (κ1) is 21.1. The number of amides is 4. The van der Waals surface area contributed by atoms with Crippen LogP contribution >= 0.6 is 23.1 Å². The number of hydrogen-bond acceptors (Lipinski definition) is 7. The number of hydrogen-bond donors (Lipinski definition) is 2. The van der Waals surface area contributed by atoms with E-state index >= 15 is 0 Å². The van der Waals surface area contributed by atoms with Gasteiger partial charge in [-0.2, -0.15) is 5.01 Å². The van der Waals surface area contributed by atoms with Crippen molar-refractivity contribution in [3.63, 3.8) is 0 Å². The van der Waals surface area contributed by atoms with Crippen LogP contribution in [0.2, 0.25) is 0 Å². The lowest BCUT2D eigenvalue weighted by Crippen LogP contribution is -2.49. The predicted octanol–water partition coefficient (Wildman–Crippen LogP) is 3.31. The predicted molar refractivity (Wildman–Crippen MR) is 125 cm³/mol. The molecule has 0 spiro atoms. The molecule has 2 aromatic heterocycles. The largest absolute Gasteiger partial charge is 0.344 e. The molecule has 164 valence electrons. The minimum atomic E-state index is -1.43. The molecular weight excluding hydrogens is 458 g/mol. The van der Waals surface area contributed by atoms with Gasteiger partial charge in [0.1, 0.15) is 16.2 Å². The van der Waals surface area contributed by atoms with Crippen molar-refractivity contribution in [3.05, 3.63) is 89.6 Å². The van der Waals surface area contributed by atoms with Gasteiger partial charge < -0.3 is 5.32 Å². The van der Waals surface area contributed by atoms with Crippen LogP contribution in [0.1, 0.15) is 11.1 Å². The van der Waals surface area contributed by atoms with Crippen molar-refractivity contribution >= 4 is 51.2 Å². The minimum Gasteiger partial charge on any atom is -0.314 e. The van der Waals surface area contributed by atoms with Gasteiger partial charge >= 0.3 is 6.03 Å². The molecule has 0 unspecified atom stereocenters. The van der Waals surface area contributed by atoms with Crippen LogP contribution in [0.4, 0.5) is 4.79 Å². The summed E-state index contributed by atoms with van der Waals surface area (Å²) >= 11 is 2.70. The van der Waals surface area contributed by atoms with Crippen LogP contribution < -0.4 is 10.7 Å². The van der Waals surface area contributed by atoms with Crippen LogP contribution in [0, 0.1) is 0 Å². The summed E-state index contributed by atoms with van der Waals surface area (Å²) in [4.78, 5) is 48.4. The molecular formula is C23H17N5O3S2. The fourth-order valence-electron chi connectivity index (χ4n) is 3.74. The zero-order valence-electron chi connectivity index (χ0n) is 17.1. The van der Waals surface area contributed by atoms with Crippen molar-refractivity contribution in [1.29, 1.82) is 0 Å². The molecule has 1 fully saturated rings. The van der Waals surface area contributed by atoms with Gasteiger partial charge in [0.25, 0.3) is 5.91 Å².